The van der Waals surface area contributed by atoms with Crippen molar-refractivity contribution in [1.82, 2.24) is 9.97 Å². The summed E-state index contributed by atoms with van der Waals surface area (Å²) in [5.74, 6) is 0.862. The minimum Gasteiger partial charge on any atom is -0.369 e. The van der Waals surface area contributed by atoms with Gasteiger partial charge in [-0.25, -0.2) is 4.98 Å². The highest BCUT2D eigenvalue weighted by Gasteiger charge is 2.30. The minimum absolute atomic E-state index is 0.232. The molecule has 1 aromatic heterocycles. The fourth-order valence-corrected chi connectivity index (χ4v) is 3.14. The number of rotatable bonds is 6. The van der Waals surface area contributed by atoms with E-state index in [1.807, 2.05) is 42.5 Å². The molecule has 152 valence electrons. The molecule has 7 heteroatoms. The number of benzene rings is 3. The lowest BCUT2D eigenvalue weighted by atomic mass is 10.1. The molecule has 0 bridgehead atoms. The van der Waals surface area contributed by atoms with Crippen molar-refractivity contribution >= 4 is 28.4 Å². The molecule has 3 aromatic carbocycles. The van der Waals surface area contributed by atoms with Crippen LogP contribution in [0.2, 0.25) is 0 Å². The molecule has 0 saturated heterocycles. The molecule has 1 heterocycles. The average molecular weight is 408 g/mol. The van der Waals surface area contributed by atoms with E-state index in [0.29, 0.717) is 17.9 Å². The lowest BCUT2D eigenvalue weighted by molar-refractivity contribution is -0.137. The molecule has 4 rings (SSSR count). The standard InChI is InChI=1S/C23H19F3N4/c24-23(25,26)17-9-6-10-18(15-17)28-22-29-20-12-5-4-11-19(20)21(30-22)27-14-13-16-7-2-1-3-8-16/h1-12,15H,13-14H2,(H2,27,28,29,30). The fraction of sp³-hybridized carbons (Fsp3) is 0.130. The molecule has 0 fully saturated rings. The number of aromatic nitrogens is 2. The number of nitrogens with zero attached hydrogens (tertiary/aromatic N) is 2. The van der Waals surface area contributed by atoms with Gasteiger partial charge in [0.05, 0.1) is 11.1 Å². The van der Waals surface area contributed by atoms with E-state index in [-0.39, 0.29) is 11.6 Å². The summed E-state index contributed by atoms with van der Waals surface area (Å²) < 4.78 is 39.0. The SMILES string of the molecule is FC(F)(F)c1cccc(Nc2nc(NCCc3ccccc3)c3ccccc3n2)c1. The van der Waals surface area contributed by atoms with Gasteiger partial charge in [-0.1, -0.05) is 48.5 Å². The second-order valence-corrected chi connectivity index (χ2v) is 6.78. The van der Waals surface area contributed by atoms with Gasteiger partial charge in [-0.15, -0.1) is 0 Å². The van der Waals surface area contributed by atoms with E-state index in [9.17, 15) is 13.2 Å². The Kier molecular flexibility index (Phi) is 5.52. The molecule has 0 radical (unpaired) electrons. The summed E-state index contributed by atoms with van der Waals surface area (Å²) in [7, 11) is 0. The highest BCUT2D eigenvalue weighted by Crippen LogP contribution is 2.31. The molecule has 0 aliphatic carbocycles. The molecule has 0 aliphatic rings. The van der Waals surface area contributed by atoms with E-state index in [1.165, 1.54) is 11.6 Å². The summed E-state index contributed by atoms with van der Waals surface area (Å²) in [4.78, 5) is 8.95. The number of hydrogen-bond acceptors (Lipinski definition) is 4. The highest BCUT2D eigenvalue weighted by molar-refractivity contribution is 5.90. The molecule has 0 amide bonds. The average Bonchev–Trinajstić information content (AvgIpc) is 2.74. The van der Waals surface area contributed by atoms with Crippen LogP contribution in [0.5, 0.6) is 0 Å². The first kappa shape index (κ1) is 19.7. The van der Waals surface area contributed by atoms with Gasteiger partial charge in [-0.05, 0) is 42.3 Å². The summed E-state index contributed by atoms with van der Waals surface area (Å²) in [6.07, 6.45) is -3.60. The van der Waals surface area contributed by atoms with Crippen molar-refractivity contribution in [1.29, 1.82) is 0 Å². The van der Waals surface area contributed by atoms with Crippen LogP contribution in [-0.2, 0) is 12.6 Å². The van der Waals surface area contributed by atoms with E-state index in [4.69, 9.17) is 0 Å². The highest BCUT2D eigenvalue weighted by atomic mass is 19.4. The van der Waals surface area contributed by atoms with Gasteiger partial charge in [0.25, 0.3) is 0 Å². The van der Waals surface area contributed by atoms with Crippen LogP contribution >= 0.6 is 0 Å². The van der Waals surface area contributed by atoms with E-state index < -0.39 is 11.7 Å². The van der Waals surface area contributed by atoms with Crippen LogP contribution in [0.4, 0.5) is 30.6 Å². The number of alkyl halides is 3. The largest absolute Gasteiger partial charge is 0.416 e. The number of halogens is 3. The van der Waals surface area contributed by atoms with Gasteiger partial charge in [0.15, 0.2) is 0 Å². The molecular formula is C23H19F3N4. The lowest BCUT2D eigenvalue weighted by Crippen LogP contribution is -2.09. The van der Waals surface area contributed by atoms with E-state index in [1.54, 1.807) is 6.07 Å². The Morgan fingerprint density at radius 1 is 0.800 bits per heavy atom. The maximum atomic E-state index is 13.0. The van der Waals surface area contributed by atoms with Gasteiger partial charge < -0.3 is 10.6 Å². The molecule has 0 aliphatic heterocycles. The Morgan fingerprint density at radius 2 is 1.57 bits per heavy atom. The van der Waals surface area contributed by atoms with Crippen molar-refractivity contribution in [3.8, 4) is 0 Å². The zero-order valence-corrected chi connectivity index (χ0v) is 15.9. The van der Waals surface area contributed by atoms with Crippen LogP contribution < -0.4 is 10.6 Å². The third kappa shape index (κ3) is 4.68. The maximum absolute atomic E-state index is 13.0. The van der Waals surface area contributed by atoms with Crippen LogP contribution in [0, 0.1) is 0 Å². The number of nitrogens with one attached hydrogen (secondary N) is 2. The van der Waals surface area contributed by atoms with Crippen molar-refractivity contribution in [3.63, 3.8) is 0 Å². The first-order valence-electron chi connectivity index (χ1n) is 9.48. The molecule has 2 N–H and O–H groups in total. The first-order chi connectivity index (χ1) is 14.5. The summed E-state index contributed by atoms with van der Waals surface area (Å²) in [5, 5.41) is 7.07. The quantitative estimate of drug-likeness (QED) is 0.408. The van der Waals surface area contributed by atoms with Gasteiger partial charge in [0, 0.05) is 17.6 Å². The number of para-hydroxylation sites is 1. The van der Waals surface area contributed by atoms with Crippen LogP contribution in [0.15, 0.2) is 78.9 Å². The molecule has 0 atom stereocenters. The monoisotopic (exact) mass is 408 g/mol. The zero-order chi connectivity index (χ0) is 21.0. The third-order valence-electron chi connectivity index (χ3n) is 4.60. The number of hydrogen-bond donors (Lipinski definition) is 2. The summed E-state index contributed by atoms with van der Waals surface area (Å²) in [5.41, 5.74) is 1.44. The summed E-state index contributed by atoms with van der Waals surface area (Å²) in [6.45, 7) is 0.661. The van der Waals surface area contributed by atoms with Gasteiger partial charge in [-0.2, -0.15) is 18.2 Å². The Bertz CT molecular complexity index is 1140. The molecule has 4 aromatic rings. The molecule has 0 unspecified atom stereocenters. The number of fused-ring (bicyclic) bond motifs is 1. The van der Waals surface area contributed by atoms with Crippen LogP contribution in [0.25, 0.3) is 10.9 Å². The maximum Gasteiger partial charge on any atom is 0.416 e. The van der Waals surface area contributed by atoms with Crippen LogP contribution in [0.1, 0.15) is 11.1 Å². The van der Waals surface area contributed by atoms with Crippen molar-refractivity contribution in [2.45, 2.75) is 12.6 Å². The normalized spacial score (nSPS) is 11.4. The Morgan fingerprint density at radius 3 is 2.37 bits per heavy atom. The van der Waals surface area contributed by atoms with Crippen molar-refractivity contribution in [2.75, 3.05) is 17.2 Å². The van der Waals surface area contributed by atoms with Gasteiger partial charge in [0.1, 0.15) is 5.82 Å². The van der Waals surface area contributed by atoms with E-state index in [2.05, 4.69) is 32.7 Å². The smallest absolute Gasteiger partial charge is 0.369 e. The van der Waals surface area contributed by atoms with Crippen LogP contribution in [0.3, 0.4) is 0 Å². The Labute approximate surface area is 171 Å². The fourth-order valence-electron chi connectivity index (χ4n) is 3.14. The lowest BCUT2D eigenvalue weighted by Gasteiger charge is -2.13. The Hall–Kier alpha value is -3.61. The van der Waals surface area contributed by atoms with Crippen LogP contribution in [-0.4, -0.2) is 16.5 Å². The summed E-state index contributed by atoms with van der Waals surface area (Å²) in [6, 6.07) is 22.6. The zero-order valence-electron chi connectivity index (χ0n) is 15.9. The topological polar surface area (TPSA) is 49.8 Å². The van der Waals surface area contributed by atoms with Gasteiger partial charge in [0.2, 0.25) is 5.95 Å². The molecule has 30 heavy (non-hydrogen) atoms. The van der Waals surface area contributed by atoms with Gasteiger partial charge >= 0.3 is 6.18 Å². The van der Waals surface area contributed by atoms with Crippen molar-refractivity contribution < 1.29 is 13.2 Å². The minimum atomic E-state index is -4.41. The predicted octanol–water partition coefficient (Wildman–Crippen LogP) is 6.05. The van der Waals surface area contributed by atoms with Crippen molar-refractivity contribution in [2.24, 2.45) is 0 Å². The van der Waals surface area contributed by atoms with Crippen molar-refractivity contribution in [3.05, 3.63) is 90.0 Å². The third-order valence-corrected chi connectivity index (χ3v) is 4.60. The van der Waals surface area contributed by atoms with Gasteiger partial charge in [-0.3, -0.25) is 0 Å². The second kappa shape index (κ2) is 8.41. The van der Waals surface area contributed by atoms with E-state index >= 15 is 0 Å². The molecule has 4 nitrogen and oxygen atoms in total. The second-order valence-electron chi connectivity index (χ2n) is 6.78. The molecule has 0 spiro atoms. The van der Waals surface area contributed by atoms with E-state index in [0.717, 1.165) is 23.9 Å². The number of anilines is 3. The Balaban J connectivity index is 1.58. The molecule has 0 saturated carbocycles. The summed E-state index contributed by atoms with van der Waals surface area (Å²) >= 11 is 0. The molecular weight excluding hydrogens is 389 g/mol. The predicted molar refractivity (Wildman–Crippen MR) is 113 cm³/mol. The first-order valence-corrected chi connectivity index (χ1v) is 9.48.